The maximum atomic E-state index is 13.3. The number of hydrogen-bond donors (Lipinski definition) is 6. The predicted molar refractivity (Wildman–Crippen MR) is 178 cm³/mol. The number of unbranched alkanes of at least 4 members (excludes halogenated alkanes) is 8. The van der Waals surface area contributed by atoms with Gasteiger partial charge in [0.15, 0.2) is 5.60 Å². The van der Waals surface area contributed by atoms with Crippen LogP contribution in [0.1, 0.15) is 110 Å². The van der Waals surface area contributed by atoms with Gasteiger partial charge in [0.25, 0.3) is 0 Å². The summed E-state index contributed by atoms with van der Waals surface area (Å²) in [6.07, 6.45) is 12.0. The van der Waals surface area contributed by atoms with Gasteiger partial charge in [-0.3, -0.25) is 9.59 Å². The smallest absolute Gasteiger partial charge is 0.337 e. The molecular formula is C36H53NO10. The summed E-state index contributed by atoms with van der Waals surface area (Å²) in [7, 11) is 0. The summed E-state index contributed by atoms with van der Waals surface area (Å²) in [6, 6.07) is 4.97. The van der Waals surface area contributed by atoms with E-state index in [1.54, 1.807) is 31.2 Å². The molecule has 0 saturated carbocycles. The van der Waals surface area contributed by atoms with Gasteiger partial charge in [0.1, 0.15) is 18.4 Å². The minimum atomic E-state index is -3.02. The molecule has 1 rings (SSSR count). The van der Waals surface area contributed by atoms with Crippen LogP contribution in [0.4, 0.5) is 0 Å². The van der Waals surface area contributed by atoms with Gasteiger partial charge in [-0.15, -0.1) is 5.92 Å². The molecule has 0 radical (unpaired) electrons. The number of hydrogen-bond acceptors (Lipinski definition) is 7. The van der Waals surface area contributed by atoms with Crippen LogP contribution in [-0.2, 0) is 25.6 Å². The van der Waals surface area contributed by atoms with E-state index in [1.807, 2.05) is 6.92 Å². The number of nitrogens with one attached hydrogen (secondary N) is 1. The normalized spacial score (nSPS) is 15.0. The molecule has 262 valence electrons. The number of aliphatic carboxylic acids is 3. The monoisotopic (exact) mass is 659 g/mol. The molecule has 0 heterocycles. The van der Waals surface area contributed by atoms with Crippen molar-refractivity contribution < 1.29 is 49.4 Å². The number of carboxylic acids is 3. The first-order chi connectivity index (χ1) is 22.3. The van der Waals surface area contributed by atoms with Crippen LogP contribution in [0.3, 0.4) is 0 Å². The maximum absolute atomic E-state index is 13.3. The van der Waals surface area contributed by atoms with Gasteiger partial charge in [-0.05, 0) is 57.2 Å². The van der Waals surface area contributed by atoms with E-state index in [-0.39, 0.29) is 13.0 Å². The third kappa shape index (κ3) is 16.5. The highest BCUT2D eigenvalue weighted by Crippen LogP contribution is 2.26. The quantitative estimate of drug-likeness (QED) is 0.0467. The molecule has 0 aliphatic rings. The lowest BCUT2D eigenvalue weighted by molar-refractivity contribution is -0.172. The first-order valence-corrected chi connectivity index (χ1v) is 16.5. The van der Waals surface area contributed by atoms with Crippen molar-refractivity contribution in [1.82, 2.24) is 5.32 Å². The summed E-state index contributed by atoms with van der Waals surface area (Å²) in [4.78, 5) is 48.9. The number of carboxylic acid groups (broad SMARTS) is 3. The number of ether oxygens (including phenoxy) is 1. The molecule has 0 bridgehead atoms. The zero-order chi connectivity index (χ0) is 35.3. The zero-order valence-electron chi connectivity index (χ0n) is 28.0. The molecule has 11 heteroatoms. The third-order valence-corrected chi connectivity index (χ3v) is 8.04. The van der Waals surface area contributed by atoms with Crippen molar-refractivity contribution in [1.29, 1.82) is 0 Å². The first-order valence-electron chi connectivity index (χ1n) is 16.5. The van der Waals surface area contributed by atoms with Crippen LogP contribution in [0.25, 0.3) is 0 Å². The highest BCUT2D eigenvalue weighted by atomic mass is 16.5. The van der Waals surface area contributed by atoms with Gasteiger partial charge < -0.3 is 35.6 Å². The van der Waals surface area contributed by atoms with Crippen molar-refractivity contribution in [3.05, 3.63) is 42.0 Å². The van der Waals surface area contributed by atoms with Crippen molar-refractivity contribution in [2.45, 2.75) is 128 Å². The Balaban J connectivity index is 2.85. The molecule has 1 amide bonds. The van der Waals surface area contributed by atoms with Crippen LogP contribution in [0.5, 0.6) is 5.75 Å². The van der Waals surface area contributed by atoms with E-state index in [1.165, 1.54) is 25.3 Å². The minimum Gasteiger partial charge on any atom is -0.481 e. The van der Waals surface area contributed by atoms with E-state index in [0.717, 1.165) is 44.6 Å². The van der Waals surface area contributed by atoms with E-state index < -0.39 is 53.4 Å². The van der Waals surface area contributed by atoms with Gasteiger partial charge in [0.05, 0.1) is 17.9 Å². The Labute approximate surface area is 278 Å². The van der Waals surface area contributed by atoms with E-state index in [2.05, 4.69) is 24.1 Å². The van der Waals surface area contributed by atoms with Gasteiger partial charge in [0, 0.05) is 6.42 Å². The average Bonchev–Trinajstić information content (AvgIpc) is 3.00. The lowest BCUT2D eigenvalue weighted by Crippen LogP contribution is -2.55. The SMILES string of the molecule is CC#CCOc1ccc(C[C@H](NC(=O)C(/C=C/CCCCCC[C@@](C)(O)CCCCCCC)[C@@](O)(CC(=O)O)C(=O)O)C(=O)O)cc1. The lowest BCUT2D eigenvalue weighted by atomic mass is 9.82. The number of rotatable bonds is 25. The molecular weight excluding hydrogens is 606 g/mol. The van der Waals surface area contributed by atoms with Crippen LogP contribution in [0.15, 0.2) is 36.4 Å². The van der Waals surface area contributed by atoms with Crippen molar-refractivity contribution in [2.24, 2.45) is 5.92 Å². The summed E-state index contributed by atoms with van der Waals surface area (Å²) >= 11 is 0. The third-order valence-electron chi connectivity index (χ3n) is 8.04. The molecule has 47 heavy (non-hydrogen) atoms. The molecule has 1 aromatic rings. The van der Waals surface area contributed by atoms with Crippen LogP contribution >= 0.6 is 0 Å². The molecule has 0 spiro atoms. The number of allylic oxidation sites excluding steroid dienone is 1. The average molecular weight is 660 g/mol. The fourth-order valence-corrected chi connectivity index (χ4v) is 5.21. The Hall–Kier alpha value is -3.88. The van der Waals surface area contributed by atoms with Crippen molar-refractivity contribution >= 4 is 23.8 Å². The molecule has 4 atom stereocenters. The van der Waals surface area contributed by atoms with E-state index in [9.17, 15) is 44.7 Å². The standard InChI is InChI=1S/C36H53NO10/c1-4-6-8-12-15-22-35(3,45)23-16-13-10-9-11-14-17-29(36(46,34(43)44)26-31(38)39)32(40)37-30(33(41)42)25-27-18-20-28(21-19-27)47-24-7-5-2/h14,17-21,29-30,45-46H,4,6,8-13,15-16,22-26H2,1-3H3,(H,37,40)(H,38,39)(H,41,42)(H,43,44)/b17-14+/t29?,30-,35-,36-/m0/s1. The second-order valence-electron chi connectivity index (χ2n) is 12.3. The van der Waals surface area contributed by atoms with Gasteiger partial charge in [-0.1, -0.05) is 88.5 Å². The second kappa shape index (κ2) is 21.8. The maximum Gasteiger partial charge on any atom is 0.337 e. The van der Waals surface area contributed by atoms with Gasteiger partial charge in [0.2, 0.25) is 5.91 Å². The molecule has 0 aromatic heterocycles. The Morgan fingerprint density at radius 2 is 1.51 bits per heavy atom. The summed E-state index contributed by atoms with van der Waals surface area (Å²) in [5, 5.41) is 52.7. The summed E-state index contributed by atoms with van der Waals surface area (Å²) < 4.78 is 5.44. The predicted octanol–water partition coefficient (Wildman–Crippen LogP) is 5.12. The number of aliphatic hydroxyl groups is 2. The number of benzene rings is 1. The fraction of sp³-hybridized carbons (Fsp3) is 0.611. The highest BCUT2D eigenvalue weighted by molar-refractivity contribution is 5.94. The largest absolute Gasteiger partial charge is 0.481 e. The molecule has 11 nitrogen and oxygen atoms in total. The van der Waals surface area contributed by atoms with Crippen molar-refractivity contribution in [3.63, 3.8) is 0 Å². The minimum absolute atomic E-state index is 0.164. The molecule has 1 unspecified atom stereocenters. The Morgan fingerprint density at radius 3 is 2.04 bits per heavy atom. The zero-order valence-corrected chi connectivity index (χ0v) is 28.0. The summed E-state index contributed by atoms with van der Waals surface area (Å²) in [5.41, 5.74) is -3.18. The lowest BCUT2D eigenvalue weighted by Gasteiger charge is -2.29. The highest BCUT2D eigenvalue weighted by Gasteiger charge is 2.49. The second-order valence-corrected chi connectivity index (χ2v) is 12.3. The fourth-order valence-electron chi connectivity index (χ4n) is 5.21. The first kappa shape index (κ1) is 41.1. The number of carbonyl (C=O) groups is 4. The van der Waals surface area contributed by atoms with Gasteiger partial charge in [-0.25, -0.2) is 9.59 Å². The molecule has 6 N–H and O–H groups in total. The van der Waals surface area contributed by atoms with E-state index in [0.29, 0.717) is 30.6 Å². The van der Waals surface area contributed by atoms with Gasteiger partial charge >= 0.3 is 17.9 Å². The van der Waals surface area contributed by atoms with Gasteiger partial charge in [-0.2, -0.15) is 0 Å². The summed E-state index contributed by atoms with van der Waals surface area (Å²) in [5.74, 6) is -1.99. The Morgan fingerprint density at radius 1 is 0.915 bits per heavy atom. The van der Waals surface area contributed by atoms with E-state index in [4.69, 9.17) is 4.74 Å². The molecule has 0 saturated heterocycles. The van der Waals surface area contributed by atoms with Crippen LogP contribution in [0, 0.1) is 17.8 Å². The molecule has 1 aromatic carbocycles. The van der Waals surface area contributed by atoms with Crippen LogP contribution in [0.2, 0.25) is 0 Å². The Bertz CT molecular complexity index is 1210. The van der Waals surface area contributed by atoms with Crippen LogP contribution < -0.4 is 10.1 Å². The number of carbonyl (C=O) groups excluding carboxylic acids is 1. The molecule has 0 fully saturated rings. The Kier molecular flexibility index (Phi) is 19.1. The van der Waals surface area contributed by atoms with Crippen molar-refractivity contribution in [2.75, 3.05) is 6.61 Å². The number of amides is 1. The topological polar surface area (TPSA) is 191 Å². The van der Waals surface area contributed by atoms with Crippen LogP contribution in [-0.4, -0.2) is 73.2 Å². The molecule has 0 aliphatic carbocycles. The molecule has 0 aliphatic heterocycles. The summed E-state index contributed by atoms with van der Waals surface area (Å²) in [6.45, 7) is 5.90. The van der Waals surface area contributed by atoms with E-state index >= 15 is 0 Å². The van der Waals surface area contributed by atoms with Crippen molar-refractivity contribution in [3.8, 4) is 17.6 Å².